The Balaban J connectivity index is 2.87. The number of hydrogen-bond acceptors (Lipinski definition) is 4. The highest BCUT2D eigenvalue weighted by molar-refractivity contribution is 5.97. The molecule has 2 rings (SSSR count). The summed E-state index contributed by atoms with van der Waals surface area (Å²) < 4.78 is 0. The molecule has 0 aliphatic carbocycles. The van der Waals surface area contributed by atoms with Crippen LogP contribution in [0.2, 0.25) is 0 Å². The summed E-state index contributed by atoms with van der Waals surface area (Å²) in [6.45, 7) is 0. The Morgan fingerprint density at radius 1 is 1.31 bits per heavy atom. The zero-order valence-corrected chi connectivity index (χ0v) is 7.28. The Morgan fingerprint density at radius 3 is 2.69 bits per heavy atom. The molecule has 0 saturated carbocycles. The Kier molecular flexibility index (Phi) is 1.51. The third-order valence-electron chi connectivity index (χ3n) is 2.01. The summed E-state index contributed by atoms with van der Waals surface area (Å²) >= 11 is 0. The summed E-state index contributed by atoms with van der Waals surface area (Å²) in [5, 5.41) is 4.95. The van der Waals surface area contributed by atoms with Gasteiger partial charge in [0.05, 0.1) is 11.9 Å². The summed E-state index contributed by atoms with van der Waals surface area (Å²) in [6, 6.07) is 3.55. The molecule has 0 amide bonds. The fraction of sp³-hybridized carbons (Fsp3) is 0.125. The highest BCUT2D eigenvalue weighted by Gasteiger charge is 2.07. The van der Waals surface area contributed by atoms with E-state index < -0.39 is 0 Å². The van der Waals surface area contributed by atoms with Crippen molar-refractivity contribution in [3.63, 3.8) is 0 Å². The van der Waals surface area contributed by atoms with Gasteiger partial charge in [-0.05, 0) is 12.1 Å². The molecule has 5 N–H and O–H groups in total. The van der Waals surface area contributed by atoms with Gasteiger partial charge in [0.2, 0.25) is 0 Å². The first-order chi connectivity index (χ1) is 6.24. The maximum absolute atomic E-state index is 5.79. The lowest BCUT2D eigenvalue weighted by Gasteiger charge is -2.04. The largest absolute Gasteiger partial charge is 0.398 e. The van der Waals surface area contributed by atoms with Crippen LogP contribution < -0.4 is 16.9 Å². The molecule has 0 atom stereocenters. The molecular formula is C8H11N5. The number of anilines is 2. The highest BCUT2D eigenvalue weighted by Crippen LogP contribution is 2.25. The minimum Gasteiger partial charge on any atom is -0.398 e. The minimum absolute atomic E-state index is 0.663. The van der Waals surface area contributed by atoms with Crippen molar-refractivity contribution in [3.8, 4) is 0 Å². The summed E-state index contributed by atoms with van der Waals surface area (Å²) in [5.74, 6) is 0. The Morgan fingerprint density at radius 2 is 2.00 bits per heavy atom. The van der Waals surface area contributed by atoms with Crippen molar-refractivity contribution in [2.75, 3.05) is 23.9 Å². The van der Waals surface area contributed by atoms with Crippen LogP contribution in [0.3, 0.4) is 0 Å². The molecule has 0 unspecified atom stereocenters. The molecule has 5 nitrogen and oxygen atoms in total. The zero-order chi connectivity index (χ0) is 9.42. The zero-order valence-electron chi connectivity index (χ0n) is 7.28. The van der Waals surface area contributed by atoms with Crippen LogP contribution in [0.1, 0.15) is 0 Å². The predicted molar refractivity (Wildman–Crippen MR) is 53.8 cm³/mol. The SMILES string of the molecule is CNn1ncc2c(N)ccc(N)c21. The molecule has 1 heterocycles. The van der Waals surface area contributed by atoms with E-state index >= 15 is 0 Å². The van der Waals surface area contributed by atoms with Crippen LogP contribution in [0.5, 0.6) is 0 Å². The quantitative estimate of drug-likeness (QED) is 0.550. The van der Waals surface area contributed by atoms with Crippen LogP contribution in [0.4, 0.5) is 11.4 Å². The van der Waals surface area contributed by atoms with E-state index in [0.717, 1.165) is 10.9 Å². The van der Waals surface area contributed by atoms with Gasteiger partial charge in [-0.25, -0.2) is 0 Å². The molecule has 1 aromatic heterocycles. The van der Waals surface area contributed by atoms with Crippen molar-refractivity contribution >= 4 is 22.3 Å². The van der Waals surface area contributed by atoms with E-state index in [1.165, 1.54) is 0 Å². The lowest BCUT2D eigenvalue weighted by atomic mass is 10.2. The molecule has 0 bridgehead atoms. The maximum atomic E-state index is 5.79. The molecule has 2 aromatic rings. The van der Waals surface area contributed by atoms with Crippen molar-refractivity contribution in [1.82, 2.24) is 9.89 Å². The van der Waals surface area contributed by atoms with E-state index in [-0.39, 0.29) is 0 Å². The second-order valence-corrected chi connectivity index (χ2v) is 2.79. The second-order valence-electron chi connectivity index (χ2n) is 2.79. The lowest BCUT2D eigenvalue weighted by Crippen LogP contribution is -2.11. The van der Waals surface area contributed by atoms with Gasteiger partial charge in [0.25, 0.3) is 0 Å². The number of nitrogens with zero attached hydrogens (tertiary/aromatic N) is 2. The number of rotatable bonds is 1. The van der Waals surface area contributed by atoms with Gasteiger partial charge < -0.3 is 16.9 Å². The van der Waals surface area contributed by atoms with Gasteiger partial charge in [-0.3, -0.25) is 0 Å². The predicted octanol–water partition coefficient (Wildman–Crippen LogP) is 0.374. The molecule has 5 heteroatoms. The van der Waals surface area contributed by atoms with E-state index in [9.17, 15) is 0 Å². The van der Waals surface area contributed by atoms with Gasteiger partial charge in [0.15, 0.2) is 0 Å². The number of fused-ring (bicyclic) bond motifs is 1. The van der Waals surface area contributed by atoms with Gasteiger partial charge in [0.1, 0.15) is 5.52 Å². The van der Waals surface area contributed by atoms with Gasteiger partial charge >= 0.3 is 0 Å². The maximum Gasteiger partial charge on any atom is 0.117 e. The minimum atomic E-state index is 0.663. The van der Waals surface area contributed by atoms with Crippen LogP contribution in [0.25, 0.3) is 10.9 Å². The third kappa shape index (κ3) is 0.970. The Labute approximate surface area is 75.3 Å². The fourth-order valence-electron chi connectivity index (χ4n) is 1.36. The number of nitrogens with one attached hydrogen (secondary N) is 1. The molecular weight excluding hydrogens is 166 g/mol. The van der Waals surface area contributed by atoms with Crippen molar-refractivity contribution < 1.29 is 0 Å². The summed E-state index contributed by atoms with van der Waals surface area (Å²) in [4.78, 5) is 1.60. The van der Waals surface area contributed by atoms with E-state index in [4.69, 9.17) is 11.5 Å². The normalized spacial score (nSPS) is 10.5. The third-order valence-corrected chi connectivity index (χ3v) is 2.01. The molecule has 0 saturated heterocycles. The van der Waals surface area contributed by atoms with Gasteiger partial charge in [-0.1, -0.05) is 0 Å². The van der Waals surface area contributed by atoms with Crippen molar-refractivity contribution in [3.05, 3.63) is 18.3 Å². The van der Waals surface area contributed by atoms with E-state index in [2.05, 4.69) is 10.5 Å². The number of nitrogen functional groups attached to an aromatic ring is 2. The van der Waals surface area contributed by atoms with Crippen LogP contribution >= 0.6 is 0 Å². The van der Waals surface area contributed by atoms with Crippen LogP contribution in [0, 0.1) is 0 Å². The van der Waals surface area contributed by atoms with Gasteiger partial charge in [0, 0.05) is 18.1 Å². The Hall–Kier alpha value is -1.91. The van der Waals surface area contributed by atoms with Crippen LogP contribution in [0.15, 0.2) is 18.3 Å². The summed E-state index contributed by atoms with van der Waals surface area (Å²) in [5.41, 5.74) is 16.6. The molecule has 0 fully saturated rings. The molecule has 68 valence electrons. The van der Waals surface area contributed by atoms with Crippen LogP contribution in [-0.2, 0) is 0 Å². The molecule has 0 spiro atoms. The molecule has 0 aliphatic rings. The molecule has 13 heavy (non-hydrogen) atoms. The number of hydrogen-bond donors (Lipinski definition) is 3. The highest BCUT2D eigenvalue weighted by atomic mass is 15.5. The summed E-state index contributed by atoms with van der Waals surface area (Å²) in [7, 11) is 1.77. The van der Waals surface area contributed by atoms with E-state index in [0.29, 0.717) is 11.4 Å². The lowest BCUT2D eigenvalue weighted by molar-refractivity contribution is 0.811. The monoisotopic (exact) mass is 177 g/mol. The van der Waals surface area contributed by atoms with Gasteiger partial charge in [-0.2, -0.15) is 9.89 Å². The molecule has 1 aromatic carbocycles. The second kappa shape index (κ2) is 2.55. The Bertz CT molecular complexity index is 445. The van der Waals surface area contributed by atoms with Crippen molar-refractivity contribution in [1.29, 1.82) is 0 Å². The van der Waals surface area contributed by atoms with Crippen molar-refractivity contribution in [2.24, 2.45) is 0 Å². The average molecular weight is 177 g/mol. The van der Waals surface area contributed by atoms with E-state index in [1.807, 2.05) is 0 Å². The number of aromatic nitrogens is 2. The van der Waals surface area contributed by atoms with Crippen molar-refractivity contribution in [2.45, 2.75) is 0 Å². The van der Waals surface area contributed by atoms with Crippen LogP contribution in [-0.4, -0.2) is 16.9 Å². The average Bonchev–Trinajstić information content (AvgIpc) is 2.56. The van der Waals surface area contributed by atoms with Gasteiger partial charge in [-0.15, -0.1) is 0 Å². The smallest absolute Gasteiger partial charge is 0.117 e. The number of nitrogens with two attached hydrogens (primary N) is 2. The molecule has 0 aliphatic heterocycles. The first-order valence-electron chi connectivity index (χ1n) is 3.93. The van der Waals surface area contributed by atoms with E-state index in [1.54, 1.807) is 30.2 Å². The first kappa shape index (κ1) is 7.72. The fourth-order valence-corrected chi connectivity index (χ4v) is 1.36. The topological polar surface area (TPSA) is 81.9 Å². The number of benzene rings is 1. The first-order valence-corrected chi connectivity index (χ1v) is 3.93. The summed E-state index contributed by atoms with van der Waals surface area (Å²) in [6.07, 6.45) is 1.69. The molecule has 0 radical (unpaired) electrons. The standard InChI is InChI=1S/C8H11N5/c1-11-13-8-5(4-12-13)6(9)2-3-7(8)10/h2-4,11H,9-10H2,1H3.